The van der Waals surface area contributed by atoms with E-state index in [1.807, 2.05) is 0 Å². The zero-order valence-electron chi connectivity index (χ0n) is 17.7. The molecule has 28 heavy (non-hydrogen) atoms. The molecule has 1 aliphatic heterocycles. The van der Waals surface area contributed by atoms with Gasteiger partial charge in [0.25, 0.3) is 0 Å². The molecule has 0 radical (unpaired) electrons. The number of allylic oxidation sites excluding steroid dienone is 2. The van der Waals surface area contributed by atoms with Crippen LogP contribution in [0.15, 0.2) is 16.8 Å². The van der Waals surface area contributed by atoms with Crippen molar-refractivity contribution in [2.45, 2.75) is 77.7 Å². The molecule has 5 aliphatic rings. The van der Waals surface area contributed by atoms with Crippen molar-refractivity contribution in [1.29, 1.82) is 0 Å². The number of hydrogen-bond donors (Lipinski definition) is 1. The van der Waals surface area contributed by atoms with E-state index in [9.17, 15) is 5.11 Å². The zero-order valence-corrected chi connectivity index (χ0v) is 17.7. The van der Waals surface area contributed by atoms with Gasteiger partial charge in [0.05, 0.1) is 18.9 Å². The second-order valence-corrected chi connectivity index (χ2v) is 10.6. The molecular formula is C24H37NO3. The van der Waals surface area contributed by atoms with Crippen LogP contribution in [-0.4, -0.2) is 36.7 Å². The number of hydrogen-bond acceptors (Lipinski definition) is 4. The van der Waals surface area contributed by atoms with E-state index in [2.05, 4.69) is 25.1 Å². The van der Waals surface area contributed by atoms with E-state index in [0.29, 0.717) is 17.9 Å². The monoisotopic (exact) mass is 387 g/mol. The third-order valence-corrected chi connectivity index (χ3v) is 9.43. The Morgan fingerprint density at radius 2 is 2.07 bits per heavy atom. The van der Waals surface area contributed by atoms with E-state index in [0.717, 1.165) is 36.5 Å². The number of epoxide rings is 1. The molecular weight excluding hydrogens is 350 g/mol. The number of aliphatic hydroxyl groups is 1. The summed E-state index contributed by atoms with van der Waals surface area (Å²) >= 11 is 0. The van der Waals surface area contributed by atoms with Crippen LogP contribution < -0.4 is 0 Å². The average molecular weight is 388 g/mol. The van der Waals surface area contributed by atoms with E-state index in [1.165, 1.54) is 51.4 Å². The van der Waals surface area contributed by atoms with Gasteiger partial charge >= 0.3 is 0 Å². The molecule has 7 atom stereocenters. The van der Waals surface area contributed by atoms with E-state index in [-0.39, 0.29) is 18.1 Å². The summed E-state index contributed by atoms with van der Waals surface area (Å²) in [5.74, 6) is 2.81. The highest BCUT2D eigenvalue weighted by Gasteiger charge is 2.59. The SMILES string of the molecule is C[C@]12CC[C@H]3[C@@H](CC=C4CCCC[C@@]43C)[C@@H]1CC[C@@H]2C(CO)=NOCC1CO1. The summed E-state index contributed by atoms with van der Waals surface area (Å²) in [5.41, 5.74) is 3.38. The lowest BCUT2D eigenvalue weighted by atomic mass is 9.47. The highest BCUT2D eigenvalue weighted by molar-refractivity contribution is 5.88. The minimum atomic E-state index is 0.0222. The van der Waals surface area contributed by atoms with Crippen LogP contribution in [0, 0.1) is 34.5 Å². The van der Waals surface area contributed by atoms with Crippen molar-refractivity contribution < 1.29 is 14.7 Å². The summed E-state index contributed by atoms with van der Waals surface area (Å²) in [5, 5.41) is 14.4. The van der Waals surface area contributed by atoms with E-state index in [1.54, 1.807) is 5.57 Å². The lowest BCUT2D eigenvalue weighted by molar-refractivity contribution is -0.0333. The highest BCUT2D eigenvalue weighted by atomic mass is 16.7. The van der Waals surface area contributed by atoms with Gasteiger partial charge in [0, 0.05) is 5.92 Å². The Balaban J connectivity index is 1.36. The second-order valence-electron chi connectivity index (χ2n) is 10.6. The number of aliphatic hydroxyl groups excluding tert-OH is 1. The maximum absolute atomic E-state index is 10.0. The first-order chi connectivity index (χ1) is 13.6. The van der Waals surface area contributed by atoms with Crippen LogP contribution in [0.5, 0.6) is 0 Å². The quantitative estimate of drug-likeness (QED) is 0.321. The minimum absolute atomic E-state index is 0.0222. The molecule has 0 bridgehead atoms. The van der Waals surface area contributed by atoms with E-state index >= 15 is 0 Å². The standard InChI is InChI=1S/C24H37NO3/c1-23-11-4-3-5-16(23)6-7-18-19-8-9-21(24(19,2)12-10-20(18)23)22(13-26)25-28-15-17-14-27-17/h6,17-21,26H,3-5,7-15H2,1-2H3/t17?,18-,19-,20-,21+,23-,24-/m0/s1. The Labute approximate surface area is 169 Å². The van der Waals surface area contributed by atoms with Crippen molar-refractivity contribution in [2.24, 2.45) is 39.7 Å². The molecule has 156 valence electrons. The predicted octanol–water partition coefficient (Wildman–Crippen LogP) is 4.72. The molecule has 1 heterocycles. The molecule has 0 amide bonds. The number of nitrogens with zero attached hydrogens (tertiary/aromatic N) is 1. The Bertz CT molecular complexity index is 669. The van der Waals surface area contributed by atoms with Crippen LogP contribution >= 0.6 is 0 Å². The Morgan fingerprint density at radius 1 is 1.21 bits per heavy atom. The Hall–Kier alpha value is -0.870. The van der Waals surface area contributed by atoms with Crippen molar-refractivity contribution in [2.75, 3.05) is 19.8 Å². The second kappa shape index (κ2) is 7.12. The van der Waals surface area contributed by atoms with E-state index < -0.39 is 0 Å². The molecule has 5 rings (SSSR count). The zero-order chi connectivity index (χ0) is 19.4. The molecule has 0 aromatic carbocycles. The van der Waals surface area contributed by atoms with Crippen molar-refractivity contribution in [3.8, 4) is 0 Å². The molecule has 1 saturated heterocycles. The van der Waals surface area contributed by atoms with Crippen LogP contribution in [0.2, 0.25) is 0 Å². The van der Waals surface area contributed by atoms with Gasteiger partial charge in [-0.25, -0.2) is 0 Å². The van der Waals surface area contributed by atoms with Crippen LogP contribution in [0.4, 0.5) is 0 Å². The fraction of sp³-hybridized carbons (Fsp3) is 0.875. The molecule has 4 aliphatic carbocycles. The molecule has 4 heteroatoms. The Morgan fingerprint density at radius 3 is 2.86 bits per heavy atom. The molecule has 0 aromatic heterocycles. The van der Waals surface area contributed by atoms with Crippen molar-refractivity contribution in [3.05, 3.63) is 11.6 Å². The van der Waals surface area contributed by atoms with Crippen LogP contribution in [-0.2, 0) is 9.57 Å². The summed E-state index contributed by atoms with van der Waals surface area (Å²) in [6, 6.07) is 0. The number of oxime groups is 1. The molecule has 4 nitrogen and oxygen atoms in total. The van der Waals surface area contributed by atoms with E-state index in [4.69, 9.17) is 9.57 Å². The average Bonchev–Trinajstić information content (AvgIpc) is 3.45. The summed E-state index contributed by atoms with van der Waals surface area (Å²) in [4.78, 5) is 5.53. The molecule has 4 fully saturated rings. The summed E-state index contributed by atoms with van der Waals surface area (Å²) in [6.45, 7) is 6.40. The third-order valence-electron chi connectivity index (χ3n) is 9.43. The van der Waals surface area contributed by atoms with Gasteiger partial charge in [-0.05, 0) is 80.0 Å². The van der Waals surface area contributed by atoms with Gasteiger partial charge in [-0.15, -0.1) is 0 Å². The minimum Gasteiger partial charge on any atom is -0.393 e. The summed E-state index contributed by atoms with van der Waals surface area (Å²) < 4.78 is 5.20. The van der Waals surface area contributed by atoms with Gasteiger partial charge in [-0.3, -0.25) is 0 Å². The van der Waals surface area contributed by atoms with Crippen LogP contribution in [0.1, 0.15) is 71.6 Å². The van der Waals surface area contributed by atoms with Crippen molar-refractivity contribution in [1.82, 2.24) is 0 Å². The van der Waals surface area contributed by atoms with Gasteiger partial charge < -0.3 is 14.7 Å². The van der Waals surface area contributed by atoms with Crippen molar-refractivity contribution in [3.63, 3.8) is 0 Å². The highest BCUT2D eigenvalue weighted by Crippen LogP contribution is 2.66. The first-order valence-electron chi connectivity index (χ1n) is 11.7. The lowest BCUT2D eigenvalue weighted by Gasteiger charge is -2.57. The fourth-order valence-corrected chi connectivity index (χ4v) is 7.82. The number of rotatable bonds is 5. The van der Waals surface area contributed by atoms with Crippen LogP contribution in [0.25, 0.3) is 0 Å². The topological polar surface area (TPSA) is 54.4 Å². The summed E-state index contributed by atoms with van der Waals surface area (Å²) in [7, 11) is 0. The van der Waals surface area contributed by atoms with Gasteiger partial charge in [0.15, 0.2) is 0 Å². The first-order valence-corrected chi connectivity index (χ1v) is 11.7. The predicted molar refractivity (Wildman–Crippen MR) is 110 cm³/mol. The first kappa shape index (κ1) is 19.1. The van der Waals surface area contributed by atoms with Gasteiger partial charge in [0.1, 0.15) is 12.7 Å². The Kier molecular flexibility index (Phi) is 4.86. The number of fused-ring (bicyclic) bond motifs is 5. The number of ether oxygens (including phenoxy) is 1. The summed E-state index contributed by atoms with van der Waals surface area (Å²) in [6.07, 6.45) is 14.7. The van der Waals surface area contributed by atoms with Gasteiger partial charge in [0.2, 0.25) is 0 Å². The van der Waals surface area contributed by atoms with Crippen LogP contribution in [0.3, 0.4) is 0 Å². The third kappa shape index (κ3) is 2.98. The lowest BCUT2D eigenvalue weighted by Crippen LogP contribution is -2.50. The maximum atomic E-state index is 10.0. The molecule has 0 spiro atoms. The normalized spacial score (nSPS) is 47.6. The molecule has 1 N–H and O–H groups in total. The molecule has 3 saturated carbocycles. The maximum Gasteiger partial charge on any atom is 0.145 e. The molecule has 1 unspecified atom stereocenters. The van der Waals surface area contributed by atoms with Gasteiger partial charge in [-0.2, -0.15) is 0 Å². The van der Waals surface area contributed by atoms with Gasteiger partial charge in [-0.1, -0.05) is 37.1 Å². The molecule has 0 aromatic rings. The van der Waals surface area contributed by atoms with Crippen molar-refractivity contribution >= 4 is 5.71 Å². The largest absolute Gasteiger partial charge is 0.393 e. The fourth-order valence-electron chi connectivity index (χ4n) is 7.82. The smallest absolute Gasteiger partial charge is 0.145 e.